The number of nitrogens with one attached hydrogen (secondary N) is 1. The monoisotopic (exact) mass is 228 g/mol. The van der Waals surface area contributed by atoms with Crippen molar-refractivity contribution in [1.82, 2.24) is 5.32 Å². The summed E-state index contributed by atoms with van der Waals surface area (Å²) in [4.78, 5) is 21.9. The second-order valence-electron chi connectivity index (χ2n) is 4.52. The Morgan fingerprint density at radius 1 is 1.44 bits per heavy atom. The van der Waals surface area contributed by atoms with Crippen molar-refractivity contribution in [1.29, 1.82) is 0 Å². The van der Waals surface area contributed by atoms with Gasteiger partial charge in [0, 0.05) is 0 Å². The zero-order chi connectivity index (χ0) is 12.1. The molecule has 3 atom stereocenters. The van der Waals surface area contributed by atoms with Crippen molar-refractivity contribution in [3.05, 3.63) is 0 Å². The quantitative estimate of drug-likeness (QED) is 0.632. The molecule has 0 aromatic carbocycles. The Labute approximate surface area is 95.4 Å². The van der Waals surface area contributed by atoms with Gasteiger partial charge >= 0.3 is 5.97 Å². The lowest BCUT2D eigenvalue weighted by Crippen LogP contribution is -2.43. The van der Waals surface area contributed by atoms with Gasteiger partial charge in [-0.15, -0.1) is 0 Å². The van der Waals surface area contributed by atoms with Crippen LogP contribution in [0.4, 0.5) is 0 Å². The zero-order valence-electron chi connectivity index (χ0n) is 9.61. The van der Waals surface area contributed by atoms with Gasteiger partial charge in [0.2, 0.25) is 5.91 Å². The minimum atomic E-state index is -0.724. The largest absolute Gasteiger partial charge is 0.481 e. The van der Waals surface area contributed by atoms with E-state index in [-0.39, 0.29) is 11.8 Å². The lowest BCUT2D eigenvalue weighted by molar-refractivity contribution is -0.144. The minimum absolute atomic E-state index is 0.119. The van der Waals surface area contributed by atoms with Gasteiger partial charge in [0.1, 0.15) is 0 Å². The van der Waals surface area contributed by atoms with E-state index < -0.39 is 17.9 Å². The first-order valence-electron chi connectivity index (χ1n) is 5.78. The van der Waals surface area contributed by atoms with Crippen molar-refractivity contribution in [2.75, 3.05) is 6.54 Å². The third-order valence-corrected chi connectivity index (χ3v) is 3.34. The number of carbonyl (C=O) groups excluding carboxylic acids is 1. The average Bonchev–Trinajstić information content (AvgIpc) is 2.25. The van der Waals surface area contributed by atoms with Crippen molar-refractivity contribution in [2.45, 2.75) is 38.6 Å². The van der Waals surface area contributed by atoms with Crippen LogP contribution in [0.25, 0.3) is 0 Å². The predicted octanol–water partition coefficient (Wildman–Crippen LogP) is 0.341. The number of amides is 1. The average molecular weight is 228 g/mol. The molecule has 0 spiro atoms. The van der Waals surface area contributed by atoms with Crippen LogP contribution in [-0.2, 0) is 9.59 Å². The van der Waals surface area contributed by atoms with Gasteiger partial charge in [-0.25, -0.2) is 0 Å². The topological polar surface area (TPSA) is 92.4 Å². The smallest absolute Gasteiger partial charge is 0.306 e. The number of carboxylic acid groups (broad SMARTS) is 1. The number of carbonyl (C=O) groups is 2. The van der Waals surface area contributed by atoms with Crippen molar-refractivity contribution in [2.24, 2.45) is 17.6 Å². The summed E-state index contributed by atoms with van der Waals surface area (Å²) in [6.07, 6.45) is 3.71. The minimum Gasteiger partial charge on any atom is -0.481 e. The van der Waals surface area contributed by atoms with Crippen LogP contribution >= 0.6 is 0 Å². The maximum Gasteiger partial charge on any atom is 0.306 e. The van der Waals surface area contributed by atoms with Crippen molar-refractivity contribution in [3.63, 3.8) is 0 Å². The number of hydrogen-bond donors (Lipinski definition) is 3. The van der Waals surface area contributed by atoms with Crippen LogP contribution in [0, 0.1) is 11.8 Å². The molecule has 1 aliphatic carbocycles. The summed E-state index contributed by atoms with van der Waals surface area (Å²) >= 11 is 0. The molecular weight excluding hydrogens is 208 g/mol. The molecule has 1 saturated carbocycles. The van der Waals surface area contributed by atoms with Crippen LogP contribution in [0.2, 0.25) is 0 Å². The van der Waals surface area contributed by atoms with Gasteiger partial charge in [0.25, 0.3) is 0 Å². The molecule has 0 radical (unpaired) electrons. The summed E-state index contributed by atoms with van der Waals surface area (Å²) in [6, 6.07) is -0.392. The van der Waals surface area contributed by atoms with E-state index >= 15 is 0 Å². The SMILES string of the molecule is CC(NCC1CCCCC1C(=O)O)C(N)=O. The first-order chi connectivity index (χ1) is 7.52. The molecule has 0 aliphatic heterocycles. The second-order valence-corrected chi connectivity index (χ2v) is 4.52. The molecular formula is C11H20N2O3. The summed E-state index contributed by atoms with van der Waals surface area (Å²) in [7, 11) is 0. The van der Waals surface area contributed by atoms with Crippen LogP contribution in [0.5, 0.6) is 0 Å². The van der Waals surface area contributed by atoms with Crippen LogP contribution in [-0.4, -0.2) is 29.6 Å². The molecule has 0 aromatic heterocycles. The van der Waals surface area contributed by atoms with Gasteiger partial charge < -0.3 is 16.2 Å². The highest BCUT2D eigenvalue weighted by Gasteiger charge is 2.30. The van der Waals surface area contributed by atoms with Gasteiger partial charge in [0.15, 0.2) is 0 Å². The van der Waals surface area contributed by atoms with Crippen molar-refractivity contribution in [3.8, 4) is 0 Å². The Kier molecular flexibility index (Phi) is 4.73. The highest BCUT2D eigenvalue weighted by molar-refractivity contribution is 5.79. The molecule has 1 aliphatic rings. The third kappa shape index (κ3) is 3.48. The first kappa shape index (κ1) is 13.0. The van der Waals surface area contributed by atoms with E-state index in [1.165, 1.54) is 0 Å². The van der Waals surface area contributed by atoms with Crippen LogP contribution in [0.1, 0.15) is 32.6 Å². The Morgan fingerprint density at radius 3 is 2.62 bits per heavy atom. The van der Waals surface area contributed by atoms with Crippen molar-refractivity contribution < 1.29 is 14.7 Å². The van der Waals surface area contributed by atoms with Crippen molar-refractivity contribution >= 4 is 11.9 Å². The van der Waals surface area contributed by atoms with E-state index in [1.54, 1.807) is 6.92 Å². The Hall–Kier alpha value is -1.10. The molecule has 92 valence electrons. The van der Waals surface area contributed by atoms with E-state index in [1.807, 2.05) is 0 Å². The van der Waals surface area contributed by atoms with E-state index in [9.17, 15) is 9.59 Å². The molecule has 1 amide bonds. The maximum absolute atomic E-state index is 11.0. The maximum atomic E-state index is 11.0. The molecule has 5 nitrogen and oxygen atoms in total. The van der Waals surface area contributed by atoms with E-state index in [0.29, 0.717) is 6.54 Å². The molecule has 0 heterocycles. The fraction of sp³-hybridized carbons (Fsp3) is 0.818. The third-order valence-electron chi connectivity index (χ3n) is 3.34. The normalized spacial score (nSPS) is 27.3. The standard InChI is InChI=1S/C11H20N2O3/c1-7(10(12)14)13-6-8-4-2-3-5-9(8)11(15)16/h7-9,13H,2-6H2,1H3,(H2,12,14)(H,15,16). The Balaban J connectivity index is 2.44. The fourth-order valence-corrected chi connectivity index (χ4v) is 2.21. The van der Waals surface area contributed by atoms with Gasteiger partial charge in [-0.2, -0.15) is 0 Å². The predicted molar refractivity (Wildman–Crippen MR) is 59.7 cm³/mol. The summed E-state index contributed by atoms with van der Waals surface area (Å²) < 4.78 is 0. The molecule has 0 bridgehead atoms. The van der Waals surface area contributed by atoms with E-state index in [0.717, 1.165) is 25.7 Å². The summed E-state index contributed by atoms with van der Waals surface area (Å²) in [5, 5.41) is 12.1. The number of hydrogen-bond acceptors (Lipinski definition) is 3. The van der Waals surface area contributed by atoms with E-state index in [4.69, 9.17) is 10.8 Å². The number of primary amides is 1. The van der Waals surface area contributed by atoms with Crippen LogP contribution < -0.4 is 11.1 Å². The summed E-state index contributed by atoms with van der Waals surface area (Å²) in [5.74, 6) is -1.28. The molecule has 16 heavy (non-hydrogen) atoms. The highest BCUT2D eigenvalue weighted by atomic mass is 16.4. The number of carboxylic acids is 1. The first-order valence-corrected chi connectivity index (χ1v) is 5.78. The van der Waals surface area contributed by atoms with Gasteiger partial charge in [-0.05, 0) is 32.2 Å². The molecule has 5 heteroatoms. The molecule has 1 fully saturated rings. The lowest BCUT2D eigenvalue weighted by atomic mass is 9.79. The van der Waals surface area contributed by atoms with Gasteiger partial charge in [-0.1, -0.05) is 12.8 Å². The molecule has 1 rings (SSSR count). The van der Waals surface area contributed by atoms with Gasteiger partial charge in [-0.3, -0.25) is 9.59 Å². The number of aliphatic carboxylic acids is 1. The number of nitrogens with two attached hydrogens (primary N) is 1. The van der Waals surface area contributed by atoms with Crippen LogP contribution in [0.3, 0.4) is 0 Å². The Morgan fingerprint density at radius 2 is 2.06 bits per heavy atom. The summed E-state index contributed by atoms with van der Waals surface area (Å²) in [6.45, 7) is 2.25. The molecule has 0 aromatic rings. The zero-order valence-corrected chi connectivity index (χ0v) is 9.61. The Bertz CT molecular complexity index is 268. The molecule has 3 unspecified atom stereocenters. The fourth-order valence-electron chi connectivity index (χ4n) is 2.21. The van der Waals surface area contributed by atoms with Crippen LogP contribution in [0.15, 0.2) is 0 Å². The molecule has 0 saturated heterocycles. The molecule has 4 N–H and O–H groups in total. The summed E-state index contributed by atoms with van der Waals surface area (Å²) in [5.41, 5.74) is 5.13. The van der Waals surface area contributed by atoms with Gasteiger partial charge in [0.05, 0.1) is 12.0 Å². The second kappa shape index (κ2) is 5.84. The van der Waals surface area contributed by atoms with E-state index in [2.05, 4.69) is 5.32 Å². The highest BCUT2D eigenvalue weighted by Crippen LogP contribution is 2.29. The number of rotatable bonds is 5. The lowest BCUT2D eigenvalue weighted by Gasteiger charge is -2.29.